The van der Waals surface area contributed by atoms with Gasteiger partial charge in [-0.15, -0.1) is 0 Å². The van der Waals surface area contributed by atoms with Crippen molar-refractivity contribution in [3.63, 3.8) is 0 Å². The Labute approximate surface area is 333 Å². The van der Waals surface area contributed by atoms with E-state index in [1.165, 1.54) is 0 Å². The number of hydrogen-bond donors (Lipinski definition) is 0. The van der Waals surface area contributed by atoms with Gasteiger partial charge in [-0.25, -0.2) is 0 Å². The van der Waals surface area contributed by atoms with Gasteiger partial charge in [0, 0.05) is 18.4 Å². The van der Waals surface area contributed by atoms with Crippen LogP contribution < -0.4 is 0 Å². The van der Waals surface area contributed by atoms with Gasteiger partial charge in [-0.2, -0.15) is 52.7 Å². The van der Waals surface area contributed by atoms with Gasteiger partial charge in [0.2, 0.25) is 0 Å². The lowest BCUT2D eigenvalue weighted by molar-refractivity contribution is -0.144. The van der Waals surface area contributed by atoms with Crippen molar-refractivity contribution in [1.82, 2.24) is 0 Å². The van der Waals surface area contributed by atoms with Crippen LogP contribution in [0.15, 0.2) is 97.1 Å². The van der Waals surface area contributed by atoms with Gasteiger partial charge in [-0.3, -0.25) is 0 Å². The van der Waals surface area contributed by atoms with E-state index in [-0.39, 0.29) is 46.7 Å². The molecule has 0 unspecified atom stereocenters. The highest BCUT2D eigenvalue weighted by molar-refractivity contribution is 7.74. The Kier molecular flexibility index (Phi) is 11.2. The number of rotatable bonds is 8. The summed E-state index contributed by atoms with van der Waals surface area (Å²) in [4.78, 5) is 0. The monoisotopic (exact) mass is 849 g/mol. The number of halogens is 12. The fraction of sp³-hybridized carbons (Fsp3) is 0.304. The lowest BCUT2D eigenvalue weighted by Gasteiger charge is -2.29. The summed E-state index contributed by atoms with van der Waals surface area (Å²) in [6.45, 7) is 3.97. The molecule has 0 saturated heterocycles. The van der Waals surface area contributed by atoms with Gasteiger partial charge in [0.1, 0.15) is 0 Å². The SMILES string of the molecule is CCCC[P+]1(CCCC)Cc2c(-c3cc(C(F)(F)F)cc(C(F)(F)F)c3)cc3ccccc3c2-c2c(c(-c3cc(C(F)(F)F)cc(C(F)(F)F)c3)cc3ccccc23)C1. The third-order valence-electron chi connectivity index (χ3n) is 11.3. The molecule has 0 aliphatic carbocycles. The summed E-state index contributed by atoms with van der Waals surface area (Å²) in [5.74, 6) is 0. The first-order valence-electron chi connectivity index (χ1n) is 19.2. The van der Waals surface area contributed by atoms with Crippen LogP contribution in [-0.2, 0) is 37.0 Å². The molecule has 1 aliphatic heterocycles. The number of alkyl halides is 12. The predicted molar refractivity (Wildman–Crippen MR) is 212 cm³/mol. The maximum absolute atomic E-state index is 14.4. The topological polar surface area (TPSA) is 0 Å². The molecule has 0 radical (unpaired) electrons. The quantitative estimate of drug-likeness (QED) is 0.106. The number of unbranched alkanes of at least 4 members (excludes halogenated alkanes) is 2. The third-order valence-corrected chi connectivity index (χ3v) is 15.8. The van der Waals surface area contributed by atoms with E-state index >= 15 is 0 Å². The summed E-state index contributed by atoms with van der Waals surface area (Å²) in [6.07, 6.45) is -15.8. The molecular formula is C46H38F12P+. The van der Waals surface area contributed by atoms with E-state index in [4.69, 9.17) is 0 Å². The van der Waals surface area contributed by atoms with Gasteiger partial charge in [0.05, 0.1) is 46.9 Å². The molecule has 310 valence electrons. The molecule has 1 heterocycles. The van der Waals surface area contributed by atoms with Crippen molar-refractivity contribution in [3.8, 4) is 33.4 Å². The van der Waals surface area contributed by atoms with Crippen LogP contribution in [0.2, 0.25) is 0 Å². The molecule has 0 aromatic heterocycles. The summed E-state index contributed by atoms with van der Waals surface area (Å²) in [6, 6.07) is 20.1. The van der Waals surface area contributed by atoms with Gasteiger partial charge < -0.3 is 0 Å². The van der Waals surface area contributed by atoms with Crippen molar-refractivity contribution >= 4 is 28.8 Å². The molecule has 1 aliphatic rings. The summed E-state index contributed by atoms with van der Waals surface area (Å²) >= 11 is 0. The molecule has 0 nitrogen and oxygen atoms in total. The molecule has 6 aromatic rings. The van der Waals surface area contributed by atoms with Gasteiger partial charge >= 0.3 is 24.7 Å². The van der Waals surface area contributed by atoms with Gasteiger partial charge in [-0.05, 0) is 116 Å². The zero-order valence-electron chi connectivity index (χ0n) is 31.9. The lowest BCUT2D eigenvalue weighted by Crippen LogP contribution is -2.12. The van der Waals surface area contributed by atoms with E-state index in [9.17, 15) is 52.7 Å². The lowest BCUT2D eigenvalue weighted by atomic mass is 9.81. The van der Waals surface area contributed by atoms with E-state index < -0.39 is 54.2 Å². The van der Waals surface area contributed by atoms with Crippen LogP contribution in [0.5, 0.6) is 0 Å². The van der Waals surface area contributed by atoms with Gasteiger partial charge in [0.25, 0.3) is 0 Å². The molecule has 6 aromatic carbocycles. The van der Waals surface area contributed by atoms with Crippen LogP contribution in [0.25, 0.3) is 54.9 Å². The third kappa shape index (κ3) is 8.44. The Morgan fingerprint density at radius 3 is 1.07 bits per heavy atom. The minimum Gasteiger partial charge on any atom is -0.166 e. The first-order chi connectivity index (χ1) is 27.6. The fourth-order valence-corrected chi connectivity index (χ4v) is 13.5. The molecule has 7 rings (SSSR count). The normalized spacial score (nSPS) is 14.7. The number of hydrogen-bond acceptors (Lipinski definition) is 0. The Morgan fingerprint density at radius 1 is 0.441 bits per heavy atom. The molecule has 0 saturated carbocycles. The van der Waals surface area contributed by atoms with Crippen LogP contribution in [0.4, 0.5) is 52.7 Å². The fourth-order valence-electron chi connectivity index (χ4n) is 8.56. The van der Waals surface area contributed by atoms with E-state index in [0.717, 1.165) is 37.1 Å². The summed E-state index contributed by atoms with van der Waals surface area (Å²) < 4.78 is 173. The van der Waals surface area contributed by atoms with Gasteiger partial charge in [0.15, 0.2) is 0 Å². The number of benzene rings is 6. The van der Waals surface area contributed by atoms with Crippen molar-refractivity contribution in [3.05, 3.63) is 130 Å². The van der Waals surface area contributed by atoms with Gasteiger partial charge in [-0.1, -0.05) is 75.2 Å². The zero-order chi connectivity index (χ0) is 42.7. The van der Waals surface area contributed by atoms with Crippen molar-refractivity contribution in [1.29, 1.82) is 0 Å². The predicted octanol–water partition coefficient (Wildman–Crippen LogP) is 16.7. The maximum Gasteiger partial charge on any atom is 0.416 e. The van der Waals surface area contributed by atoms with Crippen LogP contribution in [0.1, 0.15) is 72.9 Å². The second-order valence-corrected chi connectivity index (χ2v) is 19.6. The molecule has 0 spiro atoms. The molecule has 0 bridgehead atoms. The van der Waals surface area contributed by atoms with Crippen LogP contribution in [0, 0.1) is 0 Å². The molecule has 0 amide bonds. The summed E-state index contributed by atoms with van der Waals surface area (Å²) in [5, 5.41) is 2.17. The average molecular weight is 850 g/mol. The Bertz CT molecular complexity index is 2300. The largest absolute Gasteiger partial charge is 0.416 e. The minimum atomic E-state index is -5.12. The molecule has 0 N–H and O–H groups in total. The van der Waals surface area contributed by atoms with Crippen LogP contribution in [0.3, 0.4) is 0 Å². The van der Waals surface area contributed by atoms with Crippen LogP contribution >= 0.6 is 7.26 Å². The average Bonchev–Trinajstić information content (AvgIpc) is 3.32. The highest BCUT2D eigenvalue weighted by Crippen LogP contribution is 2.70. The molecular weight excluding hydrogens is 811 g/mol. The van der Waals surface area contributed by atoms with Crippen LogP contribution in [-0.4, -0.2) is 12.3 Å². The Hall–Kier alpha value is -4.57. The second-order valence-electron chi connectivity index (χ2n) is 15.4. The first-order valence-corrected chi connectivity index (χ1v) is 21.7. The smallest absolute Gasteiger partial charge is 0.166 e. The zero-order valence-corrected chi connectivity index (χ0v) is 32.8. The summed E-state index contributed by atoms with van der Waals surface area (Å²) in [7, 11) is -2.45. The molecule has 0 fully saturated rings. The highest BCUT2D eigenvalue weighted by Gasteiger charge is 2.45. The maximum atomic E-state index is 14.4. The molecule has 0 atom stereocenters. The van der Waals surface area contributed by atoms with E-state index in [1.54, 1.807) is 60.7 Å². The van der Waals surface area contributed by atoms with E-state index in [2.05, 4.69) is 0 Å². The first kappa shape index (κ1) is 42.6. The standard InChI is InChI=1S/C46H38F12P/c1-3-5-15-59(16-6-4-2)25-39-37(29-17-31(43(47,48)49)23-32(18-29)44(50,51)52)21-27-11-7-9-13-35(27)41(39)42-36-14-10-8-12-28(36)22-38(40(42)26-59)30-19-33(45(53,54)55)24-34(20-30)46(56,57)58/h7-14,17-24H,3-6,15-16,25-26H2,1-2H3/q+1. The van der Waals surface area contributed by atoms with E-state index in [0.29, 0.717) is 69.0 Å². The van der Waals surface area contributed by atoms with Crippen molar-refractivity contribution < 1.29 is 52.7 Å². The Morgan fingerprint density at radius 2 is 0.763 bits per heavy atom. The highest BCUT2D eigenvalue weighted by atomic mass is 31.2. The summed E-state index contributed by atoms with van der Waals surface area (Å²) in [5.41, 5.74) is -4.17. The Balaban J connectivity index is 1.71. The van der Waals surface area contributed by atoms with E-state index in [1.807, 2.05) is 13.8 Å². The number of fused-ring (bicyclic) bond motifs is 7. The molecule has 59 heavy (non-hydrogen) atoms. The van der Waals surface area contributed by atoms with Crippen molar-refractivity contribution in [2.24, 2.45) is 0 Å². The second kappa shape index (κ2) is 15.5. The minimum absolute atomic E-state index is 0.0857. The van der Waals surface area contributed by atoms with Crippen molar-refractivity contribution in [2.75, 3.05) is 12.3 Å². The van der Waals surface area contributed by atoms with Crippen molar-refractivity contribution in [2.45, 2.75) is 76.6 Å². The molecule has 13 heteroatoms.